The van der Waals surface area contributed by atoms with E-state index in [9.17, 15) is 5.26 Å². The lowest BCUT2D eigenvalue weighted by Crippen LogP contribution is -2.03. The van der Waals surface area contributed by atoms with Gasteiger partial charge in [-0.15, -0.1) is 0 Å². The molecule has 0 bridgehead atoms. The number of hydrogen-bond donors (Lipinski definition) is 0. The molecule has 0 fully saturated rings. The lowest BCUT2D eigenvalue weighted by Gasteiger charge is -2.11. The predicted octanol–water partition coefficient (Wildman–Crippen LogP) is 5.26. The quantitative estimate of drug-likeness (QED) is 0.350. The third-order valence-electron chi connectivity index (χ3n) is 5.29. The van der Waals surface area contributed by atoms with E-state index >= 15 is 0 Å². The molecule has 2 heterocycles. The van der Waals surface area contributed by atoms with E-state index in [0.717, 1.165) is 53.2 Å². The normalized spacial score (nSPS) is 10.9. The topological polar surface area (TPSA) is 65.0 Å². The Bertz CT molecular complexity index is 1190. The second-order valence-electron chi connectivity index (χ2n) is 7.22. The van der Waals surface area contributed by atoms with E-state index in [2.05, 4.69) is 22.5 Å². The number of hydrogen-bond acceptors (Lipinski definition) is 4. The monoisotopic (exact) mass is 414 g/mol. The first kappa shape index (κ1) is 20.5. The molecule has 0 saturated heterocycles. The number of ether oxygens (including phenoxy) is 2. The van der Waals surface area contributed by atoms with Gasteiger partial charge in [-0.2, -0.15) is 5.26 Å². The predicted molar refractivity (Wildman–Crippen MR) is 121 cm³/mol. The molecular weight excluding hydrogens is 388 g/mol. The van der Waals surface area contributed by atoms with E-state index in [1.807, 2.05) is 66.5 Å². The smallest absolute Gasteiger partial charge is 0.121 e. The van der Waals surface area contributed by atoms with Crippen molar-refractivity contribution >= 4 is 10.9 Å². The van der Waals surface area contributed by atoms with Crippen LogP contribution >= 0.6 is 0 Å². The zero-order chi connectivity index (χ0) is 21.6. The van der Waals surface area contributed by atoms with Gasteiger partial charge in [-0.3, -0.25) is 0 Å². The Morgan fingerprint density at radius 3 is 2.52 bits per heavy atom. The van der Waals surface area contributed by atoms with Crippen LogP contribution in [0.15, 0.2) is 61.2 Å². The summed E-state index contributed by atoms with van der Waals surface area (Å²) in [6.45, 7) is 6.93. The molecule has 31 heavy (non-hydrogen) atoms. The number of aromatic nitrogens is 3. The number of rotatable bonds is 9. The lowest BCUT2D eigenvalue weighted by atomic mass is 10.1. The molecule has 6 nitrogen and oxygen atoms in total. The van der Waals surface area contributed by atoms with Crippen LogP contribution in [-0.2, 0) is 13.1 Å². The number of benzene rings is 2. The van der Waals surface area contributed by atoms with Crippen LogP contribution in [0.5, 0.6) is 11.5 Å². The van der Waals surface area contributed by atoms with Crippen LogP contribution in [0.3, 0.4) is 0 Å². The van der Waals surface area contributed by atoms with Gasteiger partial charge in [0.25, 0.3) is 0 Å². The van der Waals surface area contributed by atoms with Crippen LogP contribution in [0.2, 0.25) is 0 Å². The fourth-order valence-electron chi connectivity index (χ4n) is 3.89. The number of imidazole rings is 1. The molecular formula is C25H26N4O2. The first-order chi connectivity index (χ1) is 15.2. The van der Waals surface area contributed by atoms with Crippen LogP contribution in [0.4, 0.5) is 0 Å². The van der Waals surface area contributed by atoms with Crippen molar-refractivity contribution in [3.05, 3.63) is 66.7 Å². The summed E-state index contributed by atoms with van der Waals surface area (Å²) in [5, 5.41) is 10.9. The third kappa shape index (κ3) is 4.26. The molecule has 0 aliphatic heterocycles. The van der Waals surface area contributed by atoms with Gasteiger partial charge < -0.3 is 18.6 Å². The van der Waals surface area contributed by atoms with Gasteiger partial charge in [-0.1, -0.05) is 0 Å². The fraction of sp³-hybridized carbons (Fsp3) is 0.280. The van der Waals surface area contributed by atoms with Gasteiger partial charge in [0.15, 0.2) is 0 Å². The highest BCUT2D eigenvalue weighted by Gasteiger charge is 2.18. The molecule has 0 aliphatic rings. The summed E-state index contributed by atoms with van der Waals surface area (Å²) in [5.41, 5.74) is 3.63. The Labute approximate surface area is 182 Å². The van der Waals surface area contributed by atoms with E-state index in [4.69, 9.17) is 9.47 Å². The van der Waals surface area contributed by atoms with Crippen molar-refractivity contribution < 1.29 is 9.47 Å². The van der Waals surface area contributed by atoms with E-state index in [1.165, 1.54) is 0 Å². The summed E-state index contributed by atoms with van der Waals surface area (Å²) in [7, 11) is 0. The van der Waals surface area contributed by atoms with Gasteiger partial charge in [0.1, 0.15) is 17.6 Å². The third-order valence-corrected chi connectivity index (χ3v) is 5.29. The van der Waals surface area contributed by atoms with Gasteiger partial charge in [-0.25, -0.2) is 4.98 Å². The van der Waals surface area contributed by atoms with E-state index < -0.39 is 0 Å². The molecule has 2 aromatic carbocycles. The minimum absolute atomic E-state index is 0.618. The average molecular weight is 415 g/mol. The minimum Gasteiger partial charge on any atom is -0.494 e. The van der Waals surface area contributed by atoms with Crippen molar-refractivity contribution in [2.75, 3.05) is 13.2 Å². The van der Waals surface area contributed by atoms with Gasteiger partial charge in [0, 0.05) is 36.9 Å². The molecule has 0 saturated carbocycles. The lowest BCUT2D eigenvalue weighted by molar-refractivity contribution is 0.302. The van der Waals surface area contributed by atoms with Crippen LogP contribution in [0.1, 0.15) is 25.8 Å². The zero-order valence-corrected chi connectivity index (χ0v) is 17.9. The van der Waals surface area contributed by atoms with Gasteiger partial charge in [0.05, 0.1) is 36.3 Å². The molecule has 0 radical (unpaired) electrons. The molecule has 0 N–H and O–H groups in total. The molecule has 0 amide bonds. The highest BCUT2D eigenvalue weighted by molar-refractivity contribution is 5.95. The summed E-state index contributed by atoms with van der Waals surface area (Å²) in [6, 6.07) is 16.3. The van der Waals surface area contributed by atoms with Gasteiger partial charge >= 0.3 is 0 Å². The number of nitriles is 1. The summed E-state index contributed by atoms with van der Waals surface area (Å²) < 4.78 is 15.8. The largest absolute Gasteiger partial charge is 0.494 e. The van der Waals surface area contributed by atoms with Crippen molar-refractivity contribution in [2.24, 2.45) is 0 Å². The summed E-state index contributed by atoms with van der Waals surface area (Å²) in [4.78, 5) is 4.06. The second-order valence-corrected chi connectivity index (χ2v) is 7.22. The summed E-state index contributed by atoms with van der Waals surface area (Å²) in [5.74, 6) is 1.64. The van der Waals surface area contributed by atoms with Crippen LogP contribution < -0.4 is 9.47 Å². The highest BCUT2D eigenvalue weighted by Crippen LogP contribution is 2.36. The van der Waals surface area contributed by atoms with Crippen LogP contribution in [0, 0.1) is 11.3 Å². The van der Waals surface area contributed by atoms with Crippen molar-refractivity contribution in [3.8, 4) is 28.8 Å². The summed E-state index contributed by atoms with van der Waals surface area (Å²) >= 11 is 0. The van der Waals surface area contributed by atoms with Gasteiger partial charge in [-0.05, 0) is 62.2 Å². The first-order valence-electron chi connectivity index (χ1n) is 10.6. The second kappa shape index (κ2) is 9.40. The maximum Gasteiger partial charge on any atom is 0.121 e. The Hall–Kier alpha value is -3.72. The van der Waals surface area contributed by atoms with Crippen LogP contribution in [-0.4, -0.2) is 27.3 Å². The Kier molecular flexibility index (Phi) is 6.23. The maximum atomic E-state index is 9.93. The minimum atomic E-state index is 0.618. The van der Waals surface area contributed by atoms with E-state index in [0.29, 0.717) is 18.8 Å². The Balaban J connectivity index is 1.62. The molecule has 0 spiro atoms. The van der Waals surface area contributed by atoms with Crippen LogP contribution in [0.25, 0.3) is 22.2 Å². The highest BCUT2D eigenvalue weighted by atomic mass is 16.5. The zero-order valence-electron chi connectivity index (χ0n) is 17.9. The van der Waals surface area contributed by atoms with E-state index in [1.54, 1.807) is 6.20 Å². The summed E-state index contributed by atoms with van der Waals surface area (Å²) in [6.07, 6.45) is 6.44. The molecule has 4 aromatic rings. The maximum absolute atomic E-state index is 9.93. The molecule has 4 rings (SSSR count). The number of nitrogens with zero attached hydrogens (tertiary/aromatic N) is 4. The van der Waals surface area contributed by atoms with Crippen molar-refractivity contribution in [2.45, 2.75) is 33.4 Å². The van der Waals surface area contributed by atoms with Crippen molar-refractivity contribution in [1.29, 1.82) is 5.26 Å². The van der Waals surface area contributed by atoms with Crippen molar-refractivity contribution in [1.82, 2.24) is 14.1 Å². The SMILES string of the molecule is CCOc1ccc(-c2c(C#N)c3ccc(OCCCn4ccnc4)cc3n2CC)cc1. The average Bonchev–Trinajstić information content (AvgIpc) is 3.42. The molecule has 0 unspecified atom stereocenters. The van der Waals surface area contributed by atoms with Gasteiger partial charge in [0.2, 0.25) is 0 Å². The fourth-order valence-corrected chi connectivity index (χ4v) is 3.89. The molecule has 0 aliphatic carbocycles. The molecule has 2 aromatic heterocycles. The standard InChI is InChI=1S/C25H26N4O2/c1-3-29-24-16-21(31-15-5-13-28-14-12-27-18-28)10-11-22(24)23(17-26)25(29)19-6-8-20(9-7-19)30-4-2/h6-12,14,16,18H,3-5,13,15H2,1-2H3. The number of aryl methyl sites for hydroxylation is 2. The molecule has 158 valence electrons. The number of fused-ring (bicyclic) bond motifs is 1. The Morgan fingerprint density at radius 1 is 1.03 bits per heavy atom. The molecule has 0 atom stereocenters. The Morgan fingerprint density at radius 2 is 1.84 bits per heavy atom. The van der Waals surface area contributed by atoms with Crippen molar-refractivity contribution in [3.63, 3.8) is 0 Å². The van der Waals surface area contributed by atoms with E-state index in [-0.39, 0.29) is 0 Å². The first-order valence-corrected chi connectivity index (χ1v) is 10.6. The molecule has 6 heteroatoms.